The van der Waals surface area contributed by atoms with Crippen molar-refractivity contribution in [1.29, 1.82) is 0 Å². The van der Waals surface area contributed by atoms with E-state index < -0.39 is 11.8 Å². The smallest absolute Gasteiger partial charge is 0.286 e. The molecule has 5 N–H and O–H groups in total. The second-order valence-corrected chi connectivity index (χ2v) is 4.71. The Labute approximate surface area is 118 Å². The fourth-order valence-corrected chi connectivity index (χ4v) is 2.15. The van der Waals surface area contributed by atoms with Gasteiger partial charge in [-0.1, -0.05) is 18.2 Å². The van der Waals surface area contributed by atoms with Gasteiger partial charge in [0.2, 0.25) is 5.91 Å². The molecule has 1 aromatic carbocycles. The summed E-state index contributed by atoms with van der Waals surface area (Å²) in [6.45, 7) is 0. The molecule has 8 heteroatoms. The molecule has 0 saturated heterocycles. The molecule has 1 aliphatic heterocycles. The van der Waals surface area contributed by atoms with Crippen LogP contribution in [0.5, 0.6) is 0 Å². The van der Waals surface area contributed by atoms with Crippen molar-refractivity contribution in [2.75, 3.05) is 5.32 Å². The average molecular weight is 289 g/mol. The number of nitrogens with one attached hydrogen (secondary N) is 1. The molecule has 0 saturated carbocycles. The van der Waals surface area contributed by atoms with Crippen LogP contribution in [0.4, 0.5) is 5.69 Å². The Hall–Kier alpha value is -2.61. The van der Waals surface area contributed by atoms with Crippen LogP contribution < -0.4 is 16.8 Å². The first-order chi connectivity index (χ1) is 9.54. The van der Waals surface area contributed by atoms with Crippen molar-refractivity contribution in [1.82, 2.24) is 0 Å². The van der Waals surface area contributed by atoms with E-state index in [1.165, 1.54) is 6.08 Å². The molecule has 0 radical (unpaired) electrons. The predicted molar refractivity (Wildman–Crippen MR) is 79.0 cm³/mol. The summed E-state index contributed by atoms with van der Waals surface area (Å²) in [4.78, 5) is 30.7. The number of nitrogens with two attached hydrogens (primary N) is 2. The molecule has 1 aliphatic rings. The number of hydrogen-bond acceptors (Lipinski definition) is 4. The summed E-state index contributed by atoms with van der Waals surface area (Å²) in [5.74, 6) is -1.16. The van der Waals surface area contributed by atoms with Gasteiger partial charge in [-0.15, -0.1) is 0 Å². The monoisotopic (exact) mass is 289 g/mol. The van der Waals surface area contributed by atoms with E-state index in [1.807, 2.05) is 6.07 Å². The molecule has 0 fully saturated rings. The lowest BCUT2D eigenvalue weighted by molar-refractivity contribution is -0.115. The highest BCUT2D eigenvalue weighted by Crippen LogP contribution is 2.26. The van der Waals surface area contributed by atoms with Gasteiger partial charge in [0, 0.05) is 11.8 Å². The first-order valence-electron chi connectivity index (χ1n) is 5.53. The van der Waals surface area contributed by atoms with Gasteiger partial charge in [0.15, 0.2) is 11.1 Å². The summed E-state index contributed by atoms with van der Waals surface area (Å²) in [7, 11) is 0. The highest BCUT2D eigenvalue weighted by atomic mass is 32.2. The van der Waals surface area contributed by atoms with Crippen LogP contribution in [0.15, 0.2) is 51.3 Å². The zero-order valence-corrected chi connectivity index (χ0v) is 11.1. The molecule has 0 unspecified atom stereocenters. The number of nitrogens with zero attached hydrogens (tertiary/aromatic N) is 2. The van der Waals surface area contributed by atoms with Crippen LogP contribution >= 0.6 is 11.8 Å². The van der Waals surface area contributed by atoms with E-state index in [4.69, 9.17) is 11.5 Å². The van der Waals surface area contributed by atoms with E-state index in [1.54, 1.807) is 24.3 Å². The third-order valence-corrected chi connectivity index (χ3v) is 3.02. The Bertz CT molecular complexity index is 633. The number of benzene rings is 1. The molecule has 0 aliphatic carbocycles. The molecule has 2 amide bonds. The van der Waals surface area contributed by atoms with Crippen LogP contribution in [0.2, 0.25) is 0 Å². The molecule has 0 atom stereocenters. The molecule has 0 spiro atoms. The molecule has 1 heterocycles. The Morgan fingerprint density at radius 2 is 2.00 bits per heavy atom. The van der Waals surface area contributed by atoms with Gasteiger partial charge < -0.3 is 16.8 Å². The third kappa shape index (κ3) is 3.69. The van der Waals surface area contributed by atoms with Crippen molar-refractivity contribution >= 4 is 40.4 Å². The number of guanidine groups is 1. The van der Waals surface area contributed by atoms with Crippen LogP contribution in [-0.2, 0) is 9.59 Å². The molecule has 20 heavy (non-hydrogen) atoms. The quantitative estimate of drug-likeness (QED) is 0.413. The largest absolute Gasteiger partial charge is 0.370 e. The first kappa shape index (κ1) is 13.8. The maximum absolute atomic E-state index is 11.8. The zero-order valence-electron chi connectivity index (χ0n) is 10.2. The predicted octanol–water partition coefficient (Wildman–Crippen LogP) is 0.412. The Kier molecular flexibility index (Phi) is 4.16. The normalized spacial score (nSPS) is 15.9. The minimum absolute atomic E-state index is 0.119. The highest BCUT2D eigenvalue weighted by molar-refractivity contribution is 8.18. The van der Waals surface area contributed by atoms with Gasteiger partial charge in [0.25, 0.3) is 5.91 Å². The fraction of sp³-hybridized carbons (Fsp3) is 0. The lowest BCUT2D eigenvalue weighted by Gasteiger charge is -2.01. The topological polar surface area (TPSA) is 123 Å². The van der Waals surface area contributed by atoms with Gasteiger partial charge in [-0.05, 0) is 23.9 Å². The highest BCUT2D eigenvalue weighted by Gasteiger charge is 2.22. The minimum atomic E-state index is -0.543. The molecule has 102 valence electrons. The van der Waals surface area contributed by atoms with Crippen LogP contribution in [-0.4, -0.2) is 22.9 Å². The first-order valence-corrected chi connectivity index (χ1v) is 6.34. The molecule has 2 rings (SSSR count). The van der Waals surface area contributed by atoms with Crippen molar-refractivity contribution in [2.24, 2.45) is 21.5 Å². The summed E-state index contributed by atoms with van der Waals surface area (Å²) in [5, 5.41) is 2.75. The van der Waals surface area contributed by atoms with E-state index in [2.05, 4.69) is 15.3 Å². The van der Waals surface area contributed by atoms with E-state index in [-0.39, 0.29) is 16.0 Å². The number of amides is 2. The number of amidine groups is 1. The number of thioether (sulfide) groups is 1. The van der Waals surface area contributed by atoms with Crippen LogP contribution in [0.25, 0.3) is 0 Å². The van der Waals surface area contributed by atoms with Crippen LogP contribution in [0, 0.1) is 0 Å². The van der Waals surface area contributed by atoms with Gasteiger partial charge in [-0.3, -0.25) is 9.59 Å². The number of para-hydroxylation sites is 1. The Balaban J connectivity index is 2.04. The minimum Gasteiger partial charge on any atom is -0.370 e. The van der Waals surface area contributed by atoms with E-state index in [0.29, 0.717) is 5.69 Å². The van der Waals surface area contributed by atoms with Crippen molar-refractivity contribution in [2.45, 2.75) is 0 Å². The summed E-state index contributed by atoms with van der Waals surface area (Å²) < 4.78 is 0. The fourth-order valence-electron chi connectivity index (χ4n) is 1.38. The molecule has 7 nitrogen and oxygen atoms in total. The van der Waals surface area contributed by atoms with E-state index >= 15 is 0 Å². The van der Waals surface area contributed by atoms with Crippen molar-refractivity contribution in [3.05, 3.63) is 41.3 Å². The molecule has 1 aromatic rings. The lowest BCUT2D eigenvalue weighted by Crippen LogP contribution is -2.23. The number of carbonyl (C=O) groups is 2. The maximum atomic E-state index is 11.8. The second kappa shape index (κ2) is 6.02. The standard InChI is InChI=1S/C12H11N5O2S/c13-11(14)17-12-16-10(19)8(20-12)6-9(18)15-7-4-2-1-3-5-7/h1-6H,(H,15,18)(H4,13,14,16,17,19)/b8-6+. The van der Waals surface area contributed by atoms with Gasteiger partial charge in [0.1, 0.15) is 0 Å². The molecular formula is C12H11N5O2S. The van der Waals surface area contributed by atoms with E-state index in [9.17, 15) is 9.59 Å². The molecular weight excluding hydrogens is 278 g/mol. The number of aliphatic imine (C=N–C) groups is 2. The summed E-state index contributed by atoms with van der Waals surface area (Å²) in [5.41, 5.74) is 11.0. The van der Waals surface area contributed by atoms with E-state index in [0.717, 1.165) is 11.8 Å². The summed E-state index contributed by atoms with van der Waals surface area (Å²) >= 11 is 0.939. The van der Waals surface area contributed by atoms with Gasteiger partial charge in [0.05, 0.1) is 4.91 Å². The van der Waals surface area contributed by atoms with Crippen LogP contribution in [0.1, 0.15) is 0 Å². The van der Waals surface area contributed by atoms with Gasteiger partial charge >= 0.3 is 0 Å². The Morgan fingerprint density at radius 3 is 2.65 bits per heavy atom. The second-order valence-electron chi connectivity index (χ2n) is 3.70. The van der Waals surface area contributed by atoms with Crippen molar-refractivity contribution < 1.29 is 9.59 Å². The number of rotatable bonds is 2. The third-order valence-electron chi connectivity index (χ3n) is 2.14. The number of carbonyl (C=O) groups excluding carboxylic acids is 2. The Morgan fingerprint density at radius 1 is 1.30 bits per heavy atom. The molecule has 0 bridgehead atoms. The molecule has 0 aromatic heterocycles. The average Bonchev–Trinajstić information content (AvgIpc) is 2.69. The summed E-state index contributed by atoms with van der Waals surface area (Å²) in [6.07, 6.45) is 1.17. The summed E-state index contributed by atoms with van der Waals surface area (Å²) in [6, 6.07) is 8.89. The van der Waals surface area contributed by atoms with Gasteiger partial charge in [-0.25, -0.2) is 0 Å². The van der Waals surface area contributed by atoms with Crippen LogP contribution in [0.3, 0.4) is 0 Å². The van der Waals surface area contributed by atoms with Crippen molar-refractivity contribution in [3.8, 4) is 0 Å². The lowest BCUT2D eigenvalue weighted by atomic mass is 10.3. The zero-order chi connectivity index (χ0) is 14.5. The maximum Gasteiger partial charge on any atom is 0.286 e. The SMILES string of the molecule is NC(N)=NC1=NC(=O)/C(=C\C(=O)Nc2ccccc2)S1. The number of hydrogen-bond donors (Lipinski definition) is 3. The van der Waals surface area contributed by atoms with Crippen molar-refractivity contribution in [3.63, 3.8) is 0 Å². The number of anilines is 1. The van der Waals surface area contributed by atoms with Gasteiger partial charge in [-0.2, -0.15) is 9.98 Å².